The summed E-state index contributed by atoms with van der Waals surface area (Å²) in [5.74, 6) is 0. The summed E-state index contributed by atoms with van der Waals surface area (Å²) in [4.78, 5) is 2.41. The minimum Gasteiger partial charge on any atom is -0.310 e. The molecule has 1 aliphatic carbocycles. The fourth-order valence-electron chi connectivity index (χ4n) is 8.53. The van der Waals surface area contributed by atoms with Gasteiger partial charge in [0.15, 0.2) is 0 Å². The monoisotopic (exact) mass is 663 g/mol. The Morgan fingerprint density at radius 2 is 0.885 bits per heavy atom. The minimum absolute atomic E-state index is 0.0887. The molecule has 1 nitrogen and oxygen atoms in total. The van der Waals surface area contributed by atoms with Crippen molar-refractivity contribution in [3.8, 4) is 33.4 Å². The number of hydrogen-bond acceptors (Lipinski definition) is 1. The van der Waals surface area contributed by atoms with Crippen molar-refractivity contribution < 1.29 is 0 Å². The second-order valence-electron chi connectivity index (χ2n) is 14.6. The highest BCUT2D eigenvalue weighted by atomic mass is 15.1. The molecule has 52 heavy (non-hydrogen) atoms. The van der Waals surface area contributed by atoms with Crippen LogP contribution in [-0.2, 0) is 5.41 Å². The Balaban J connectivity index is 1.09. The average Bonchev–Trinajstić information content (AvgIpc) is 3.43. The zero-order valence-electron chi connectivity index (χ0n) is 29.3. The average molecular weight is 664 g/mol. The van der Waals surface area contributed by atoms with Gasteiger partial charge in [-0.3, -0.25) is 0 Å². The topological polar surface area (TPSA) is 3.24 Å². The van der Waals surface area contributed by atoms with Crippen molar-refractivity contribution in [2.75, 3.05) is 4.90 Å². The molecule has 9 aromatic rings. The third-order valence-corrected chi connectivity index (χ3v) is 11.2. The van der Waals surface area contributed by atoms with Gasteiger partial charge in [0.1, 0.15) is 0 Å². The first-order valence-corrected chi connectivity index (χ1v) is 18.2. The van der Waals surface area contributed by atoms with Gasteiger partial charge in [-0.15, -0.1) is 0 Å². The zero-order valence-corrected chi connectivity index (χ0v) is 29.3. The highest BCUT2D eigenvalue weighted by Gasteiger charge is 2.35. The summed E-state index contributed by atoms with van der Waals surface area (Å²) >= 11 is 0. The molecule has 0 amide bonds. The molecule has 246 valence electrons. The van der Waals surface area contributed by atoms with Crippen molar-refractivity contribution in [3.05, 3.63) is 199 Å². The van der Waals surface area contributed by atoms with Gasteiger partial charge in [-0.1, -0.05) is 153 Å². The van der Waals surface area contributed by atoms with Crippen LogP contribution < -0.4 is 4.90 Å². The van der Waals surface area contributed by atoms with E-state index in [1.54, 1.807) is 0 Å². The van der Waals surface area contributed by atoms with Gasteiger partial charge in [0.25, 0.3) is 0 Å². The van der Waals surface area contributed by atoms with Gasteiger partial charge >= 0.3 is 0 Å². The maximum Gasteiger partial charge on any atom is 0.0465 e. The summed E-state index contributed by atoms with van der Waals surface area (Å²) in [5, 5.41) is 7.63. The first kappa shape index (κ1) is 30.4. The SMILES string of the molecule is CC1(C)c2ccccc2-c2ccc(N(c3ccc(-c4ccc5ccccc5c4)cc3)c3ccc(-c4cc5ccccc5c5ccccc45)cc3)cc21. The second-order valence-corrected chi connectivity index (χ2v) is 14.6. The summed E-state index contributed by atoms with van der Waals surface area (Å²) in [6.45, 7) is 4.71. The molecule has 0 aliphatic heterocycles. The van der Waals surface area contributed by atoms with E-state index >= 15 is 0 Å². The van der Waals surface area contributed by atoms with Crippen LogP contribution in [0.1, 0.15) is 25.0 Å². The zero-order chi connectivity index (χ0) is 34.8. The molecule has 0 N–H and O–H groups in total. The number of rotatable bonds is 5. The Morgan fingerprint density at radius 3 is 1.65 bits per heavy atom. The Hall–Kier alpha value is -6.44. The van der Waals surface area contributed by atoms with E-state index in [1.165, 1.54) is 76.8 Å². The summed E-state index contributed by atoms with van der Waals surface area (Å²) in [7, 11) is 0. The largest absolute Gasteiger partial charge is 0.310 e. The summed E-state index contributed by atoms with van der Waals surface area (Å²) < 4.78 is 0. The second kappa shape index (κ2) is 11.8. The molecule has 0 bridgehead atoms. The Morgan fingerprint density at radius 1 is 0.327 bits per heavy atom. The van der Waals surface area contributed by atoms with Crippen LogP contribution in [0.25, 0.3) is 65.7 Å². The molecular weight excluding hydrogens is 627 g/mol. The van der Waals surface area contributed by atoms with Gasteiger partial charge in [-0.05, 0) is 125 Å². The highest BCUT2D eigenvalue weighted by molar-refractivity contribution is 6.13. The third-order valence-electron chi connectivity index (χ3n) is 11.2. The Labute approximate surface area is 305 Å². The molecule has 0 fully saturated rings. The van der Waals surface area contributed by atoms with E-state index in [0.29, 0.717) is 0 Å². The summed E-state index contributed by atoms with van der Waals surface area (Å²) in [6.07, 6.45) is 0. The molecule has 0 atom stereocenters. The van der Waals surface area contributed by atoms with Gasteiger partial charge in [0.2, 0.25) is 0 Å². The molecule has 0 heterocycles. The van der Waals surface area contributed by atoms with E-state index in [4.69, 9.17) is 0 Å². The van der Waals surface area contributed by atoms with Gasteiger partial charge in [-0.2, -0.15) is 0 Å². The number of nitrogens with zero attached hydrogens (tertiary/aromatic N) is 1. The van der Waals surface area contributed by atoms with Gasteiger partial charge in [0.05, 0.1) is 0 Å². The molecule has 0 saturated carbocycles. The van der Waals surface area contributed by atoms with E-state index in [1.807, 2.05) is 0 Å². The van der Waals surface area contributed by atoms with Crippen LogP contribution in [0, 0.1) is 0 Å². The molecule has 0 radical (unpaired) electrons. The number of hydrogen-bond donors (Lipinski definition) is 0. The van der Waals surface area contributed by atoms with E-state index in [0.717, 1.165) is 17.1 Å². The van der Waals surface area contributed by atoms with E-state index in [2.05, 4.69) is 207 Å². The van der Waals surface area contributed by atoms with Gasteiger partial charge in [-0.25, -0.2) is 0 Å². The highest BCUT2D eigenvalue weighted by Crippen LogP contribution is 2.50. The van der Waals surface area contributed by atoms with E-state index in [-0.39, 0.29) is 5.41 Å². The summed E-state index contributed by atoms with van der Waals surface area (Å²) in [5.41, 5.74) is 13.6. The molecular formula is C51H37N. The van der Waals surface area contributed by atoms with Crippen LogP contribution >= 0.6 is 0 Å². The van der Waals surface area contributed by atoms with E-state index in [9.17, 15) is 0 Å². The number of benzene rings is 9. The molecule has 0 spiro atoms. The molecule has 1 aliphatic rings. The maximum atomic E-state index is 2.41. The fraction of sp³-hybridized carbons (Fsp3) is 0.0588. The smallest absolute Gasteiger partial charge is 0.0465 e. The predicted molar refractivity (Wildman–Crippen MR) is 222 cm³/mol. The van der Waals surface area contributed by atoms with Crippen molar-refractivity contribution in [2.24, 2.45) is 0 Å². The van der Waals surface area contributed by atoms with Gasteiger partial charge in [0, 0.05) is 22.5 Å². The number of anilines is 3. The van der Waals surface area contributed by atoms with Crippen LogP contribution in [0.4, 0.5) is 17.1 Å². The first-order chi connectivity index (χ1) is 25.5. The number of fused-ring (bicyclic) bond motifs is 7. The van der Waals surface area contributed by atoms with Crippen LogP contribution in [-0.4, -0.2) is 0 Å². The van der Waals surface area contributed by atoms with Crippen LogP contribution in [0.15, 0.2) is 188 Å². The van der Waals surface area contributed by atoms with E-state index < -0.39 is 0 Å². The lowest BCUT2D eigenvalue weighted by molar-refractivity contribution is 0.660. The van der Waals surface area contributed by atoms with Crippen molar-refractivity contribution in [2.45, 2.75) is 19.3 Å². The fourth-order valence-corrected chi connectivity index (χ4v) is 8.53. The van der Waals surface area contributed by atoms with Crippen molar-refractivity contribution in [1.29, 1.82) is 0 Å². The first-order valence-electron chi connectivity index (χ1n) is 18.2. The summed E-state index contributed by atoms with van der Waals surface area (Å²) in [6, 6.07) is 69.2. The van der Waals surface area contributed by atoms with Crippen LogP contribution in [0.3, 0.4) is 0 Å². The Bertz CT molecular complexity index is 2810. The molecule has 1 heteroatoms. The van der Waals surface area contributed by atoms with Gasteiger partial charge < -0.3 is 4.90 Å². The lowest BCUT2D eigenvalue weighted by Crippen LogP contribution is -2.16. The maximum absolute atomic E-state index is 2.41. The minimum atomic E-state index is -0.0887. The molecule has 9 aromatic carbocycles. The standard InChI is InChI=1S/C51H37N/c1-51(2)49-18-10-9-17-46(49)47-30-29-42(33-50(47)51)52(40-25-21-35(22-26-40)38-20-19-34-11-3-4-12-37(34)31-38)41-27-23-36(24-28-41)48-32-39-13-5-6-14-43(39)44-15-7-8-16-45(44)48/h3-33H,1-2H3. The Kier molecular flexibility index (Phi) is 6.91. The van der Waals surface area contributed by atoms with Crippen molar-refractivity contribution in [1.82, 2.24) is 0 Å². The predicted octanol–water partition coefficient (Wildman–Crippen LogP) is 14.3. The molecule has 10 rings (SSSR count). The van der Waals surface area contributed by atoms with Crippen LogP contribution in [0.5, 0.6) is 0 Å². The third kappa shape index (κ3) is 4.85. The molecule has 0 aromatic heterocycles. The lowest BCUT2D eigenvalue weighted by atomic mass is 9.82. The van der Waals surface area contributed by atoms with Crippen molar-refractivity contribution in [3.63, 3.8) is 0 Å². The normalized spacial score (nSPS) is 13.0. The molecule has 0 unspecified atom stereocenters. The lowest BCUT2D eigenvalue weighted by Gasteiger charge is -2.28. The molecule has 0 saturated heterocycles. The van der Waals surface area contributed by atoms with Crippen LogP contribution in [0.2, 0.25) is 0 Å². The van der Waals surface area contributed by atoms with Crippen molar-refractivity contribution >= 4 is 49.4 Å². The quantitative estimate of drug-likeness (QED) is 0.166.